The second-order valence-electron chi connectivity index (χ2n) is 5.65. The number of ether oxygens (including phenoxy) is 1. The Bertz CT molecular complexity index is 879. The summed E-state index contributed by atoms with van der Waals surface area (Å²) in [5.41, 5.74) is 3.56. The van der Waals surface area contributed by atoms with Crippen LogP contribution in [-0.2, 0) is 6.61 Å². The molecule has 0 saturated heterocycles. The van der Waals surface area contributed by atoms with Crippen LogP contribution in [-0.4, -0.2) is 16.3 Å². The van der Waals surface area contributed by atoms with Crippen LogP contribution in [0.15, 0.2) is 64.6 Å². The van der Waals surface area contributed by atoms with Gasteiger partial charge < -0.3 is 4.74 Å². The third-order valence-corrected chi connectivity index (χ3v) is 4.66. The lowest BCUT2D eigenvalue weighted by Crippen LogP contribution is -1.96. The number of aromatic nitrogens is 2. The van der Waals surface area contributed by atoms with Crippen LogP contribution in [0, 0.1) is 13.8 Å². The summed E-state index contributed by atoms with van der Waals surface area (Å²) in [6.07, 6.45) is 4.23. The van der Waals surface area contributed by atoms with E-state index in [1.54, 1.807) is 24.2 Å². The van der Waals surface area contributed by atoms with Crippen molar-refractivity contribution in [2.75, 3.05) is 0 Å². The number of nitrogens with zero attached hydrogens (tertiary/aromatic N) is 2. The van der Waals surface area contributed by atoms with Crippen molar-refractivity contribution < 1.29 is 9.53 Å². The summed E-state index contributed by atoms with van der Waals surface area (Å²) in [6, 6.07) is 13.7. The number of carbonyl (C=O) groups excluding carboxylic acids is 1. The first-order valence-electron chi connectivity index (χ1n) is 7.88. The van der Waals surface area contributed by atoms with Crippen molar-refractivity contribution in [3.8, 4) is 5.75 Å². The first kappa shape index (κ1) is 17.2. The van der Waals surface area contributed by atoms with Crippen molar-refractivity contribution in [3.05, 3.63) is 77.4 Å². The van der Waals surface area contributed by atoms with E-state index in [1.165, 1.54) is 0 Å². The summed E-state index contributed by atoms with van der Waals surface area (Å²) in [5.74, 6) is 0.806. The van der Waals surface area contributed by atoms with Crippen molar-refractivity contribution in [2.24, 2.45) is 0 Å². The van der Waals surface area contributed by atoms with Gasteiger partial charge in [-0.05, 0) is 61.9 Å². The SMILES string of the molecule is Cc1cc(COc2ccc(Sc3cc(C)ncc3C=O)cc2)ccn1. The molecule has 0 aliphatic carbocycles. The number of hydrogen-bond donors (Lipinski definition) is 0. The van der Waals surface area contributed by atoms with Gasteiger partial charge in [-0.1, -0.05) is 11.8 Å². The van der Waals surface area contributed by atoms with Gasteiger partial charge in [0.15, 0.2) is 6.29 Å². The first-order chi connectivity index (χ1) is 12.1. The van der Waals surface area contributed by atoms with Gasteiger partial charge in [0.25, 0.3) is 0 Å². The van der Waals surface area contributed by atoms with E-state index in [4.69, 9.17) is 4.74 Å². The van der Waals surface area contributed by atoms with Crippen molar-refractivity contribution >= 4 is 18.0 Å². The summed E-state index contributed by atoms with van der Waals surface area (Å²) < 4.78 is 5.81. The van der Waals surface area contributed by atoms with Crippen LogP contribution in [0.3, 0.4) is 0 Å². The van der Waals surface area contributed by atoms with Gasteiger partial charge >= 0.3 is 0 Å². The molecule has 2 aromatic heterocycles. The highest BCUT2D eigenvalue weighted by atomic mass is 32.2. The van der Waals surface area contributed by atoms with E-state index in [0.717, 1.165) is 38.8 Å². The Hall–Kier alpha value is -2.66. The molecule has 0 fully saturated rings. The molecule has 126 valence electrons. The standard InChI is InChI=1S/C20H18N2O2S/c1-14-9-16(7-8-21-14)13-24-18-3-5-19(6-4-18)25-20-10-15(2)22-11-17(20)12-23/h3-12H,13H2,1-2H3. The maximum atomic E-state index is 11.1. The average Bonchev–Trinajstić information content (AvgIpc) is 2.61. The molecule has 0 bridgehead atoms. The average molecular weight is 350 g/mol. The van der Waals surface area contributed by atoms with Gasteiger partial charge in [0.2, 0.25) is 0 Å². The molecule has 0 aliphatic heterocycles. The van der Waals surface area contributed by atoms with E-state index in [9.17, 15) is 4.79 Å². The smallest absolute Gasteiger partial charge is 0.152 e. The third kappa shape index (κ3) is 4.67. The highest BCUT2D eigenvalue weighted by Gasteiger charge is 2.06. The van der Waals surface area contributed by atoms with Crippen molar-refractivity contribution in [1.82, 2.24) is 9.97 Å². The second-order valence-corrected chi connectivity index (χ2v) is 6.76. The van der Waals surface area contributed by atoms with Crippen LogP contribution < -0.4 is 4.74 Å². The molecule has 2 heterocycles. The normalized spacial score (nSPS) is 10.5. The molecule has 0 N–H and O–H groups in total. The molecule has 5 heteroatoms. The van der Waals surface area contributed by atoms with Crippen molar-refractivity contribution in [1.29, 1.82) is 0 Å². The van der Waals surface area contributed by atoms with E-state index < -0.39 is 0 Å². The Balaban J connectivity index is 1.66. The minimum absolute atomic E-state index is 0.509. The Labute approximate surface area is 151 Å². The molecule has 0 saturated carbocycles. The molecule has 3 aromatic rings. The molecular weight excluding hydrogens is 332 g/mol. The maximum Gasteiger partial charge on any atom is 0.152 e. The van der Waals surface area contributed by atoms with Gasteiger partial charge in [0.05, 0.1) is 0 Å². The van der Waals surface area contributed by atoms with Crippen LogP contribution >= 0.6 is 11.8 Å². The lowest BCUT2D eigenvalue weighted by Gasteiger charge is -2.09. The van der Waals surface area contributed by atoms with E-state index in [1.807, 2.05) is 56.3 Å². The fourth-order valence-corrected chi connectivity index (χ4v) is 3.29. The Kier molecular flexibility index (Phi) is 5.46. The molecule has 0 unspecified atom stereocenters. The summed E-state index contributed by atoms with van der Waals surface area (Å²) in [7, 11) is 0. The summed E-state index contributed by atoms with van der Waals surface area (Å²) in [4.78, 5) is 21.4. The van der Waals surface area contributed by atoms with Crippen LogP contribution in [0.5, 0.6) is 5.75 Å². The van der Waals surface area contributed by atoms with E-state index in [2.05, 4.69) is 9.97 Å². The van der Waals surface area contributed by atoms with E-state index >= 15 is 0 Å². The van der Waals surface area contributed by atoms with Gasteiger partial charge in [0.1, 0.15) is 12.4 Å². The van der Waals surface area contributed by atoms with Gasteiger partial charge in [-0.3, -0.25) is 14.8 Å². The molecule has 4 nitrogen and oxygen atoms in total. The number of benzene rings is 1. The van der Waals surface area contributed by atoms with Gasteiger partial charge in [0, 0.05) is 39.1 Å². The number of pyridine rings is 2. The van der Waals surface area contributed by atoms with E-state index in [0.29, 0.717) is 12.2 Å². The monoisotopic (exact) mass is 350 g/mol. The van der Waals surface area contributed by atoms with Gasteiger partial charge in [-0.25, -0.2) is 0 Å². The van der Waals surface area contributed by atoms with Crippen molar-refractivity contribution in [3.63, 3.8) is 0 Å². The molecule has 0 amide bonds. The Morgan fingerprint density at radius 1 is 1.04 bits per heavy atom. The first-order valence-corrected chi connectivity index (χ1v) is 8.70. The van der Waals surface area contributed by atoms with Crippen LogP contribution in [0.1, 0.15) is 27.3 Å². The van der Waals surface area contributed by atoms with Crippen LogP contribution in [0.25, 0.3) is 0 Å². The largest absolute Gasteiger partial charge is 0.489 e. The lowest BCUT2D eigenvalue weighted by atomic mass is 10.2. The summed E-state index contributed by atoms with van der Waals surface area (Å²) in [5, 5.41) is 0. The minimum atomic E-state index is 0.509. The fraction of sp³-hybridized carbons (Fsp3) is 0.150. The molecule has 0 aliphatic rings. The molecular formula is C20H18N2O2S. The Morgan fingerprint density at radius 2 is 1.80 bits per heavy atom. The zero-order chi connectivity index (χ0) is 17.6. The number of carbonyl (C=O) groups is 1. The zero-order valence-electron chi connectivity index (χ0n) is 14.1. The third-order valence-electron chi connectivity index (χ3n) is 3.58. The van der Waals surface area contributed by atoms with Crippen molar-refractivity contribution in [2.45, 2.75) is 30.2 Å². The number of aryl methyl sites for hydroxylation is 2. The molecule has 0 radical (unpaired) electrons. The zero-order valence-corrected chi connectivity index (χ0v) is 14.9. The predicted molar refractivity (Wildman–Crippen MR) is 98.2 cm³/mol. The van der Waals surface area contributed by atoms with Gasteiger partial charge in [-0.2, -0.15) is 0 Å². The van der Waals surface area contributed by atoms with Gasteiger partial charge in [-0.15, -0.1) is 0 Å². The summed E-state index contributed by atoms with van der Waals surface area (Å²) in [6.45, 7) is 4.38. The quantitative estimate of drug-likeness (QED) is 0.606. The molecule has 0 atom stereocenters. The minimum Gasteiger partial charge on any atom is -0.489 e. The highest BCUT2D eigenvalue weighted by molar-refractivity contribution is 7.99. The number of rotatable bonds is 6. The number of hydrogen-bond acceptors (Lipinski definition) is 5. The fourth-order valence-electron chi connectivity index (χ4n) is 2.31. The molecule has 0 spiro atoms. The molecule has 1 aromatic carbocycles. The molecule has 25 heavy (non-hydrogen) atoms. The molecule has 3 rings (SSSR count). The van der Waals surface area contributed by atoms with Crippen LogP contribution in [0.4, 0.5) is 0 Å². The second kappa shape index (κ2) is 7.94. The predicted octanol–water partition coefficient (Wildman–Crippen LogP) is 4.64. The summed E-state index contributed by atoms with van der Waals surface area (Å²) >= 11 is 1.54. The highest BCUT2D eigenvalue weighted by Crippen LogP contribution is 2.31. The maximum absolute atomic E-state index is 11.1. The topological polar surface area (TPSA) is 52.1 Å². The Morgan fingerprint density at radius 3 is 2.52 bits per heavy atom. The van der Waals surface area contributed by atoms with Crippen LogP contribution in [0.2, 0.25) is 0 Å². The number of aldehydes is 1. The lowest BCUT2D eigenvalue weighted by molar-refractivity contribution is 0.112. The van der Waals surface area contributed by atoms with E-state index in [-0.39, 0.29) is 0 Å².